The highest BCUT2D eigenvalue weighted by Crippen LogP contribution is 2.33. The van der Waals surface area contributed by atoms with Gasteiger partial charge < -0.3 is 15.2 Å². The second kappa shape index (κ2) is 10.2. The summed E-state index contributed by atoms with van der Waals surface area (Å²) in [5.74, 6) is 1.03. The number of carbonyl (C=O) groups excluding carboxylic acids is 1. The van der Waals surface area contributed by atoms with Gasteiger partial charge >= 0.3 is 0 Å². The monoisotopic (exact) mass is 456 g/mol. The molecule has 1 amide bonds. The van der Waals surface area contributed by atoms with Gasteiger partial charge in [0.1, 0.15) is 17.2 Å². The summed E-state index contributed by atoms with van der Waals surface area (Å²) in [4.78, 5) is 26.1. The van der Waals surface area contributed by atoms with Crippen LogP contribution in [0.15, 0.2) is 36.5 Å². The molecule has 1 aliphatic rings. The van der Waals surface area contributed by atoms with Crippen LogP contribution in [0.5, 0.6) is 11.5 Å². The maximum Gasteiger partial charge on any atom is 0.293 e. The molecule has 4 rings (SSSR count). The largest absolute Gasteiger partial charge is 0.457 e. The zero-order valence-corrected chi connectivity index (χ0v) is 19.0. The van der Waals surface area contributed by atoms with Crippen molar-refractivity contribution in [1.29, 1.82) is 0 Å². The third kappa shape index (κ3) is 5.73. The number of rotatable bonds is 8. The number of hydrogen-bond acceptors (Lipinski definition) is 8. The van der Waals surface area contributed by atoms with Crippen molar-refractivity contribution in [3.63, 3.8) is 0 Å². The lowest BCUT2D eigenvalue weighted by molar-refractivity contribution is 0.0204. The van der Waals surface area contributed by atoms with Gasteiger partial charge in [0.2, 0.25) is 0 Å². The van der Waals surface area contributed by atoms with Gasteiger partial charge in [0.25, 0.3) is 5.91 Å². The molecule has 0 spiro atoms. The summed E-state index contributed by atoms with van der Waals surface area (Å²) in [5, 5.41) is 14.4. The number of ether oxygens (including phenoxy) is 1. The molecule has 0 radical (unpaired) electrons. The zero-order valence-electron chi connectivity index (χ0n) is 18.2. The lowest BCUT2D eigenvalue weighted by Crippen LogP contribution is -2.36. The van der Waals surface area contributed by atoms with Gasteiger partial charge in [-0.3, -0.25) is 14.6 Å². The summed E-state index contributed by atoms with van der Waals surface area (Å²) < 4.78 is 6.93. The topological polar surface area (TPSA) is 106 Å². The van der Waals surface area contributed by atoms with Crippen LogP contribution >= 0.6 is 11.3 Å². The SMILES string of the molecule is CC(C)CONC(=O)c1cc(Oc2ccc3nc(NC4CCCC[C@H]4O)sc3c2)ccn1. The summed E-state index contributed by atoms with van der Waals surface area (Å²) in [6.45, 7) is 4.42. The van der Waals surface area contributed by atoms with Crippen molar-refractivity contribution in [2.45, 2.75) is 51.7 Å². The number of carbonyl (C=O) groups is 1. The number of hydrogen-bond donors (Lipinski definition) is 3. The Bertz CT molecular complexity index is 1070. The summed E-state index contributed by atoms with van der Waals surface area (Å²) in [5.41, 5.74) is 3.48. The van der Waals surface area contributed by atoms with Crippen molar-refractivity contribution in [2.75, 3.05) is 11.9 Å². The molecule has 0 bridgehead atoms. The van der Waals surface area contributed by atoms with Crippen molar-refractivity contribution in [2.24, 2.45) is 5.92 Å². The van der Waals surface area contributed by atoms with E-state index in [-0.39, 0.29) is 17.8 Å². The molecule has 2 aromatic heterocycles. The van der Waals surface area contributed by atoms with Crippen molar-refractivity contribution in [1.82, 2.24) is 15.4 Å². The fourth-order valence-electron chi connectivity index (χ4n) is 3.53. The van der Waals surface area contributed by atoms with E-state index in [2.05, 4.69) is 20.8 Å². The summed E-state index contributed by atoms with van der Waals surface area (Å²) in [6.07, 6.45) is 5.16. The molecule has 8 nitrogen and oxygen atoms in total. The molecule has 170 valence electrons. The number of thiazole rings is 1. The number of aliphatic hydroxyl groups excluding tert-OH is 1. The van der Waals surface area contributed by atoms with Crippen LogP contribution in [0.3, 0.4) is 0 Å². The van der Waals surface area contributed by atoms with Crippen LogP contribution in [0.4, 0.5) is 5.13 Å². The molecule has 0 aliphatic heterocycles. The average molecular weight is 457 g/mol. The molecule has 9 heteroatoms. The van der Waals surface area contributed by atoms with E-state index in [1.807, 2.05) is 32.0 Å². The van der Waals surface area contributed by atoms with E-state index in [9.17, 15) is 9.90 Å². The predicted molar refractivity (Wildman–Crippen MR) is 124 cm³/mol. The van der Waals surface area contributed by atoms with Crippen LogP contribution < -0.4 is 15.5 Å². The molecule has 1 aromatic carbocycles. The fourth-order valence-corrected chi connectivity index (χ4v) is 4.49. The van der Waals surface area contributed by atoms with Crippen LogP contribution in [0.25, 0.3) is 10.2 Å². The Kier molecular flexibility index (Phi) is 7.19. The first-order valence-corrected chi connectivity index (χ1v) is 11.7. The molecule has 0 saturated heterocycles. The molecule has 2 atom stereocenters. The maximum absolute atomic E-state index is 12.2. The highest BCUT2D eigenvalue weighted by molar-refractivity contribution is 7.22. The van der Waals surface area contributed by atoms with Crippen LogP contribution in [0.2, 0.25) is 0 Å². The van der Waals surface area contributed by atoms with Crippen molar-refractivity contribution in [3.8, 4) is 11.5 Å². The van der Waals surface area contributed by atoms with Crippen molar-refractivity contribution in [3.05, 3.63) is 42.2 Å². The summed E-state index contributed by atoms with van der Waals surface area (Å²) in [6, 6.07) is 8.97. The normalized spacial score (nSPS) is 18.6. The molecule has 3 N–H and O–H groups in total. The zero-order chi connectivity index (χ0) is 22.5. The number of aliphatic hydroxyl groups is 1. The van der Waals surface area contributed by atoms with Gasteiger partial charge in [-0.2, -0.15) is 0 Å². The molecule has 32 heavy (non-hydrogen) atoms. The van der Waals surface area contributed by atoms with Crippen LogP contribution in [-0.2, 0) is 4.84 Å². The number of nitrogens with one attached hydrogen (secondary N) is 2. The maximum atomic E-state index is 12.2. The highest BCUT2D eigenvalue weighted by atomic mass is 32.1. The quantitative estimate of drug-likeness (QED) is 0.428. The minimum Gasteiger partial charge on any atom is -0.457 e. The fraction of sp³-hybridized carbons (Fsp3) is 0.435. The Morgan fingerprint density at radius 2 is 2.03 bits per heavy atom. The molecule has 1 fully saturated rings. The van der Waals surface area contributed by atoms with E-state index in [1.165, 1.54) is 17.5 Å². The Labute approximate surface area is 190 Å². The van der Waals surface area contributed by atoms with Crippen molar-refractivity contribution >= 4 is 32.6 Å². The molecule has 1 saturated carbocycles. The van der Waals surface area contributed by atoms with E-state index in [1.54, 1.807) is 12.1 Å². The van der Waals surface area contributed by atoms with Gasteiger partial charge in [0.15, 0.2) is 5.13 Å². The number of hydroxylamine groups is 1. The van der Waals surface area contributed by atoms with Gasteiger partial charge in [-0.25, -0.2) is 10.5 Å². The number of fused-ring (bicyclic) bond motifs is 1. The van der Waals surface area contributed by atoms with Crippen LogP contribution in [-0.4, -0.2) is 39.7 Å². The third-order valence-electron chi connectivity index (χ3n) is 5.18. The van der Waals surface area contributed by atoms with Gasteiger partial charge in [-0.15, -0.1) is 0 Å². The molecular formula is C23H28N4O4S. The molecule has 1 unspecified atom stereocenters. The summed E-state index contributed by atoms with van der Waals surface area (Å²) in [7, 11) is 0. The van der Waals surface area contributed by atoms with E-state index >= 15 is 0 Å². The lowest BCUT2D eigenvalue weighted by atomic mass is 9.93. The first kappa shape index (κ1) is 22.4. The van der Waals surface area contributed by atoms with E-state index in [0.29, 0.717) is 24.0 Å². The number of benzene rings is 1. The van der Waals surface area contributed by atoms with Gasteiger partial charge in [-0.05, 0) is 37.0 Å². The minimum atomic E-state index is -0.422. The number of amides is 1. The Hall–Kier alpha value is -2.75. The minimum absolute atomic E-state index is 0.0472. The third-order valence-corrected chi connectivity index (χ3v) is 6.13. The van der Waals surface area contributed by atoms with Gasteiger partial charge in [0, 0.05) is 18.3 Å². The lowest BCUT2D eigenvalue weighted by Gasteiger charge is -2.27. The molecular weight excluding hydrogens is 428 g/mol. The standard InChI is InChI=1S/C23H28N4O4S/c1-14(2)13-30-27-22(29)19-11-16(9-10-24-19)31-15-7-8-18-21(12-15)32-23(26-18)25-17-5-3-4-6-20(17)28/h7-12,14,17,20,28H,3-6,13H2,1-2H3,(H,25,26)(H,27,29)/t17?,20-/m1/s1. The van der Waals surface area contributed by atoms with E-state index in [0.717, 1.165) is 41.0 Å². The smallest absolute Gasteiger partial charge is 0.293 e. The average Bonchev–Trinajstić information content (AvgIpc) is 3.17. The predicted octanol–water partition coefficient (Wildman–Crippen LogP) is 4.52. The number of pyridine rings is 1. The first-order chi connectivity index (χ1) is 15.5. The Morgan fingerprint density at radius 3 is 2.84 bits per heavy atom. The molecule has 3 aromatic rings. The number of nitrogens with zero attached hydrogens (tertiary/aromatic N) is 2. The van der Waals surface area contributed by atoms with Gasteiger partial charge in [-0.1, -0.05) is 38.0 Å². The van der Waals surface area contributed by atoms with Crippen molar-refractivity contribution < 1.29 is 19.5 Å². The second-order valence-corrected chi connectivity index (χ2v) is 9.40. The highest BCUT2D eigenvalue weighted by Gasteiger charge is 2.23. The van der Waals surface area contributed by atoms with Gasteiger partial charge in [0.05, 0.1) is 29.0 Å². The Morgan fingerprint density at radius 1 is 1.22 bits per heavy atom. The van der Waals surface area contributed by atoms with Crippen LogP contribution in [0.1, 0.15) is 50.0 Å². The van der Waals surface area contributed by atoms with Crippen LogP contribution in [0, 0.1) is 5.92 Å². The second-order valence-electron chi connectivity index (χ2n) is 8.37. The number of aromatic nitrogens is 2. The molecule has 1 aliphatic carbocycles. The van der Waals surface area contributed by atoms with E-state index < -0.39 is 5.91 Å². The summed E-state index contributed by atoms with van der Waals surface area (Å²) >= 11 is 1.53. The number of anilines is 1. The molecule has 2 heterocycles. The Balaban J connectivity index is 1.42. The first-order valence-electron chi connectivity index (χ1n) is 10.9. The van der Waals surface area contributed by atoms with E-state index in [4.69, 9.17) is 9.57 Å².